The molecule has 11 nitrogen and oxygen atoms in total. The van der Waals surface area contributed by atoms with Gasteiger partial charge in [-0.3, -0.25) is 14.5 Å². The molecule has 0 unspecified atom stereocenters. The third-order valence-corrected chi connectivity index (χ3v) is 6.38. The number of amides is 1. The summed E-state index contributed by atoms with van der Waals surface area (Å²) in [4.78, 5) is 38.1. The van der Waals surface area contributed by atoms with Crippen LogP contribution in [-0.4, -0.2) is 86.2 Å². The summed E-state index contributed by atoms with van der Waals surface area (Å²) in [5, 5.41) is 17.1. The van der Waals surface area contributed by atoms with E-state index in [0.29, 0.717) is 67.7 Å². The van der Waals surface area contributed by atoms with E-state index >= 15 is 0 Å². The lowest BCUT2D eigenvalue weighted by Gasteiger charge is -2.35. The molecule has 0 aromatic carbocycles. The van der Waals surface area contributed by atoms with Gasteiger partial charge in [-0.2, -0.15) is 10.1 Å². The number of rotatable bonds is 6. The molecule has 0 spiro atoms. The van der Waals surface area contributed by atoms with Crippen LogP contribution in [0.5, 0.6) is 5.88 Å². The summed E-state index contributed by atoms with van der Waals surface area (Å²) >= 11 is 0. The highest BCUT2D eigenvalue weighted by Gasteiger charge is 2.37. The first kappa shape index (κ1) is 23.2. The van der Waals surface area contributed by atoms with Crippen LogP contribution in [-0.2, 0) is 11.2 Å². The second-order valence-electron chi connectivity index (χ2n) is 9.59. The summed E-state index contributed by atoms with van der Waals surface area (Å²) < 4.78 is 7.56. The van der Waals surface area contributed by atoms with E-state index in [4.69, 9.17) is 9.72 Å². The van der Waals surface area contributed by atoms with Gasteiger partial charge in [-0.1, -0.05) is 0 Å². The van der Waals surface area contributed by atoms with Gasteiger partial charge in [0.25, 0.3) is 5.91 Å². The highest BCUT2D eigenvalue weighted by Crippen LogP contribution is 2.39. The molecular weight excluding hydrogens is 450 g/mol. The molecule has 1 fully saturated rings. The van der Waals surface area contributed by atoms with Crippen LogP contribution in [0.25, 0.3) is 5.65 Å². The second-order valence-corrected chi connectivity index (χ2v) is 9.59. The van der Waals surface area contributed by atoms with E-state index in [2.05, 4.69) is 25.2 Å². The zero-order valence-corrected chi connectivity index (χ0v) is 20.1. The molecule has 1 saturated heterocycles. The fourth-order valence-electron chi connectivity index (χ4n) is 4.59. The van der Waals surface area contributed by atoms with E-state index in [-0.39, 0.29) is 18.3 Å². The zero-order chi connectivity index (χ0) is 24.7. The number of hydrogen-bond donors (Lipinski definition) is 2. The molecule has 35 heavy (non-hydrogen) atoms. The van der Waals surface area contributed by atoms with Crippen LogP contribution in [0.2, 0.25) is 0 Å². The Morgan fingerprint density at radius 1 is 1.23 bits per heavy atom. The summed E-state index contributed by atoms with van der Waals surface area (Å²) in [7, 11) is 0. The maximum atomic E-state index is 13.3. The van der Waals surface area contributed by atoms with Crippen molar-refractivity contribution < 1.29 is 19.4 Å². The Hall–Kier alpha value is -3.57. The lowest BCUT2D eigenvalue weighted by molar-refractivity contribution is -0.118. The Kier molecular flexibility index (Phi) is 5.89. The van der Waals surface area contributed by atoms with Crippen LogP contribution < -0.4 is 15.0 Å². The van der Waals surface area contributed by atoms with E-state index in [1.165, 1.54) is 6.20 Å². The van der Waals surface area contributed by atoms with Crippen molar-refractivity contribution in [2.75, 3.05) is 49.5 Å². The van der Waals surface area contributed by atoms with Crippen LogP contribution in [0.4, 0.5) is 11.5 Å². The first-order chi connectivity index (χ1) is 16.7. The van der Waals surface area contributed by atoms with Crippen molar-refractivity contribution >= 4 is 28.8 Å². The Bertz CT molecular complexity index is 1300. The minimum absolute atomic E-state index is 0.135. The summed E-state index contributed by atoms with van der Waals surface area (Å²) in [5.74, 6) is 0.866. The van der Waals surface area contributed by atoms with Gasteiger partial charge in [0.15, 0.2) is 11.5 Å². The number of aromatic nitrogens is 4. The SMILES string of the molecule is CC(=O)CN1CCN(c2nc3c(cc2NC(=O)c2cnn4cc(C)cnc24)C[C@@](C)(CO)O3)CC1. The molecule has 3 aromatic heterocycles. The molecule has 1 amide bonds. The first-order valence-corrected chi connectivity index (χ1v) is 11.7. The number of aryl methyl sites for hydroxylation is 1. The summed E-state index contributed by atoms with van der Waals surface area (Å²) in [6.45, 7) is 8.33. The minimum atomic E-state index is -0.750. The number of fused-ring (bicyclic) bond motifs is 2. The van der Waals surface area contributed by atoms with Crippen LogP contribution in [0.1, 0.15) is 35.3 Å². The molecule has 2 aliphatic heterocycles. The summed E-state index contributed by atoms with van der Waals surface area (Å²) in [6.07, 6.45) is 5.50. The van der Waals surface area contributed by atoms with Crippen molar-refractivity contribution in [3.8, 4) is 5.88 Å². The topological polar surface area (TPSA) is 125 Å². The molecule has 0 radical (unpaired) electrons. The fraction of sp³-hybridized carbons (Fsp3) is 0.458. The van der Waals surface area contributed by atoms with Gasteiger partial charge in [0.2, 0.25) is 5.88 Å². The third-order valence-electron chi connectivity index (χ3n) is 6.38. The maximum Gasteiger partial charge on any atom is 0.261 e. The number of carbonyl (C=O) groups excluding carboxylic acids is 2. The van der Waals surface area contributed by atoms with Crippen LogP contribution >= 0.6 is 0 Å². The Morgan fingerprint density at radius 2 is 2.00 bits per heavy atom. The van der Waals surface area contributed by atoms with Gasteiger partial charge in [0, 0.05) is 50.6 Å². The van der Waals surface area contributed by atoms with Gasteiger partial charge in [0.05, 0.1) is 25.0 Å². The molecule has 2 N–H and O–H groups in total. The number of anilines is 2. The lowest BCUT2D eigenvalue weighted by Crippen LogP contribution is -2.48. The number of carbonyl (C=O) groups is 2. The van der Waals surface area contributed by atoms with Gasteiger partial charge in [-0.15, -0.1) is 0 Å². The lowest BCUT2D eigenvalue weighted by atomic mass is 10.0. The molecule has 0 saturated carbocycles. The van der Waals surface area contributed by atoms with E-state index in [1.54, 1.807) is 17.6 Å². The van der Waals surface area contributed by atoms with Gasteiger partial charge < -0.3 is 20.1 Å². The summed E-state index contributed by atoms with van der Waals surface area (Å²) in [5.41, 5.74) is 2.40. The highest BCUT2D eigenvalue weighted by atomic mass is 16.5. The number of aliphatic hydroxyl groups excluding tert-OH is 1. The second kappa shape index (κ2) is 8.90. The molecule has 5 rings (SSSR count). The van der Waals surface area contributed by atoms with Crippen molar-refractivity contribution in [2.45, 2.75) is 32.8 Å². The van der Waals surface area contributed by atoms with Gasteiger partial charge in [-0.05, 0) is 32.4 Å². The fourth-order valence-corrected chi connectivity index (χ4v) is 4.59. The number of Topliss-reactive ketones (excluding diaryl/α,β-unsaturated/α-hetero) is 1. The molecule has 184 valence electrons. The van der Waals surface area contributed by atoms with E-state index in [0.717, 1.165) is 11.1 Å². The van der Waals surface area contributed by atoms with Crippen molar-refractivity contribution in [2.24, 2.45) is 0 Å². The predicted octanol–water partition coefficient (Wildman–Crippen LogP) is 1.08. The van der Waals surface area contributed by atoms with Crippen LogP contribution in [0.3, 0.4) is 0 Å². The number of ether oxygens (including phenoxy) is 1. The normalized spacial score (nSPS) is 20.1. The van der Waals surface area contributed by atoms with Crippen molar-refractivity contribution in [1.29, 1.82) is 0 Å². The average Bonchev–Trinajstić information content (AvgIpc) is 3.38. The Labute approximate surface area is 202 Å². The van der Waals surface area contributed by atoms with E-state index < -0.39 is 5.60 Å². The number of piperazine rings is 1. The molecule has 11 heteroatoms. The van der Waals surface area contributed by atoms with Crippen molar-refractivity contribution in [1.82, 2.24) is 24.5 Å². The van der Waals surface area contributed by atoms with Crippen LogP contribution in [0, 0.1) is 6.92 Å². The third kappa shape index (κ3) is 4.56. The monoisotopic (exact) mass is 479 g/mol. The molecule has 2 aliphatic rings. The summed E-state index contributed by atoms with van der Waals surface area (Å²) in [6, 6.07) is 1.88. The molecule has 5 heterocycles. The molecule has 3 aromatic rings. The molecular formula is C24H29N7O4. The Balaban J connectivity index is 1.45. The predicted molar refractivity (Wildman–Crippen MR) is 129 cm³/mol. The standard InChI is InChI=1S/C24H29N7O4/c1-15-10-25-20-18(11-26-31(20)12-15)22(34)27-19-8-17-9-24(3,14-32)35-23(17)28-21(19)30-6-4-29(5-7-30)13-16(2)33/h8,10-12,32H,4-7,9,13-14H2,1-3H3,(H,27,34)/t24-/m0/s1. The number of hydrogen-bond acceptors (Lipinski definition) is 9. The number of nitrogens with one attached hydrogen (secondary N) is 1. The molecule has 0 bridgehead atoms. The smallest absolute Gasteiger partial charge is 0.261 e. The van der Waals surface area contributed by atoms with Crippen molar-refractivity contribution in [3.05, 3.63) is 41.3 Å². The number of ketones is 1. The number of pyridine rings is 1. The van der Waals surface area contributed by atoms with E-state index in [1.807, 2.05) is 26.1 Å². The van der Waals surface area contributed by atoms with E-state index in [9.17, 15) is 14.7 Å². The largest absolute Gasteiger partial charge is 0.468 e. The maximum absolute atomic E-state index is 13.3. The van der Waals surface area contributed by atoms with Gasteiger partial charge in [0.1, 0.15) is 16.9 Å². The van der Waals surface area contributed by atoms with Gasteiger partial charge >= 0.3 is 0 Å². The highest BCUT2D eigenvalue weighted by molar-refractivity contribution is 6.09. The average molecular weight is 480 g/mol. The Morgan fingerprint density at radius 3 is 2.71 bits per heavy atom. The minimum Gasteiger partial charge on any atom is -0.468 e. The van der Waals surface area contributed by atoms with Crippen molar-refractivity contribution in [3.63, 3.8) is 0 Å². The molecule has 1 atom stereocenters. The van der Waals surface area contributed by atoms with Gasteiger partial charge in [-0.25, -0.2) is 9.50 Å². The first-order valence-electron chi connectivity index (χ1n) is 11.7. The zero-order valence-electron chi connectivity index (χ0n) is 20.1. The quantitative estimate of drug-likeness (QED) is 0.534. The van der Waals surface area contributed by atoms with Crippen LogP contribution in [0.15, 0.2) is 24.7 Å². The number of aliphatic hydroxyl groups is 1. The molecule has 0 aliphatic carbocycles. The number of nitrogens with zero attached hydrogens (tertiary/aromatic N) is 6.